The molecule has 0 aliphatic rings. The minimum atomic E-state index is 1.07. The Balaban J connectivity index is 0.977. The van der Waals surface area contributed by atoms with Gasteiger partial charge in [0, 0.05) is 33.5 Å². The third-order valence-electron chi connectivity index (χ3n) is 14.2. The largest absolute Gasteiger partial charge is 0.310 e. The summed E-state index contributed by atoms with van der Waals surface area (Å²) in [6.45, 7) is 0. The highest BCUT2D eigenvalue weighted by molar-refractivity contribution is 6.16. The Morgan fingerprint density at radius 3 is 1.46 bits per heavy atom. The molecule has 0 spiro atoms. The van der Waals surface area contributed by atoms with E-state index in [1.807, 2.05) is 0 Å². The van der Waals surface area contributed by atoms with Gasteiger partial charge in [0.15, 0.2) is 0 Å². The summed E-state index contributed by atoms with van der Waals surface area (Å²) in [6.07, 6.45) is 0. The minimum absolute atomic E-state index is 1.07. The van der Waals surface area contributed by atoms with Gasteiger partial charge in [0.05, 0.1) is 11.0 Å². The van der Waals surface area contributed by atoms with Gasteiger partial charge in [-0.05, 0) is 144 Å². The second-order valence-corrected chi connectivity index (χ2v) is 18.4. The predicted octanol–water partition coefficient (Wildman–Crippen LogP) is 19.4. The SMILES string of the molecule is c1ccc(-c2ccccc2-c2c(-c3ccccc3)cccc2-c2ccc(N(c3cccc(-c4ccc5ccccc5c4)c3)c3cccc(-c4cccc5c4c4ccccc4n5-c4ccccc4)c3)cc2)cc1. The summed E-state index contributed by atoms with van der Waals surface area (Å²) in [4.78, 5) is 2.41. The molecular weight excluding hydrogens is 869 g/mol. The molecular formula is C70H48N2. The first-order valence-electron chi connectivity index (χ1n) is 24.7. The molecule has 338 valence electrons. The van der Waals surface area contributed by atoms with Gasteiger partial charge in [-0.1, -0.05) is 224 Å². The van der Waals surface area contributed by atoms with Crippen LogP contribution in [0.5, 0.6) is 0 Å². The van der Waals surface area contributed by atoms with E-state index in [-0.39, 0.29) is 0 Å². The van der Waals surface area contributed by atoms with E-state index in [1.165, 1.54) is 82.6 Å². The highest BCUT2D eigenvalue weighted by atomic mass is 15.1. The second kappa shape index (κ2) is 18.4. The second-order valence-electron chi connectivity index (χ2n) is 18.4. The Hall–Kier alpha value is -9.50. The molecule has 0 saturated heterocycles. The minimum Gasteiger partial charge on any atom is -0.310 e. The number of para-hydroxylation sites is 2. The molecule has 72 heavy (non-hydrogen) atoms. The molecule has 0 amide bonds. The van der Waals surface area contributed by atoms with Crippen molar-refractivity contribution in [2.75, 3.05) is 4.90 Å². The van der Waals surface area contributed by atoms with E-state index in [0.29, 0.717) is 0 Å². The number of fused-ring (bicyclic) bond motifs is 4. The predicted molar refractivity (Wildman–Crippen MR) is 306 cm³/mol. The summed E-state index contributed by atoms with van der Waals surface area (Å²) >= 11 is 0. The van der Waals surface area contributed by atoms with E-state index in [9.17, 15) is 0 Å². The monoisotopic (exact) mass is 916 g/mol. The number of hydrogen-bond acceptors (Lipinski definition) is 1. The highest BCUT2D eigenvalue weighted by Crippen LogP contribution is 2.46. The van der Waals surface area contributed by atoms with Gasteiger partial charge in [0.25, 0.3) is 0 Å². The number of rotatable bonds is 10. The van der Waals surface area contributed by atoms with Gasteiger partial charge in [-0.3, -0.25) is 0 Å². The summed E-state index contributed by atoms with van der Waals surface area (Å²) in [6, 6.07) is 106. The number of nitrogens with zero attached hydrogens (tertiary/aromatic N) is 2. The summed E-state index contributed by atoms with van der Waals surface area (Å²) in [5, 5.41) is 4.94. The van der Waals surface area contributed by atoms with Crippen LogP contribution >= 0.6 is 0 Å². The van der Waals surface area contributed by atoms with Crippen molar-refractivity contribution in [3.63, 3.8) is 0 Å². The molecule has 0 unspecified atom stereocenters. The van der Waals surface area contributed by atoms with E-state index < -0.39 is 0 Å². The molecule has 0 aliphatic carbocycles. The lowest BCUT2D eigenvalue weighted by Crippen LogP contribution is -2.10. The first kappa shape index (κ1) is 42.6. The van der Waals surface area contributed by atoms with Crippen LogP contribution in [0.15, 0.2) is 291 Å². The topological polar surface area (TPSA) is 8.17 Å². The van der Waals surface area contributed by atoms with Gasteiger partial charge in [-0.2, -0.15) is 0 Å². The van der Waals surface area contributed by atoms with Crippen molar-refractivity contribution >= 4 is 49.6 Å². The molecule has 1 aromatic heterocycles. The number of aromatic nitrogens is 1. The number of anilines is 3. The quantitative estimate of drug-likeness (QED) is 0.133. The van der Waals surface area contributed by atoms with E-state index in [2.05, 4.69) is 301 Å². The van der Waals surface area contributed by atoms with Crippen LogP contribution in [0, 0.1) is 0 Å². The van der Waals surface area contributed by atoms with Crippen molar-refractivity contribution in [2.24, 2.45) is 0 Å². The zero-order valence-corrected chi connectivity index (χ0v) is 39.6. The van der Waals surface area contributed by atoms with Crippen LogP contribution in [-0.4, -0.2) is 4.57 Å². The van der Waals surface area contributed by atoms with Crippen molar-refractivity contribution in [1.82, 2.24) is 4.57 Å². The molecule has 0 aliphatic heterocycles. The Kier molecular flexibility index (Phi) is 10.9. The number of hydrogen-bond donors (Lipinski definition) is 0. The molecule has 12 aromatic carbocycles. The van der Waals surface area contributed by atoms with Crippen molar-refractivity contribution in [1.29, 1.82) is 0 Å². The van der Waals surface area contributed by atoms with Gasteiger partial charge in [-0.25, -0.2) is 0 Å². The zero-order valence-electron chi connectivity index (χ0n) is 39.6. The van der Waals surface area contributed by atoms with Crippen molar-refractivity contribution in [3.05, 3.63) is 291 Å². The molecule has 0 saturated carbocycles. The van der Waals surface area contributed by atoms with Gasteiger partial charge in [-0.15, -0.1) is 0 Å². The molecule has 0 fully saturated rings. The van der Waals surface area contributed by atoms with Crippen LogP contribution < -0.4 is 4.90 Å². The summed E-state index contributed by atoms with van der Waals surface area (Å²) < 4.78 is 2.39. The highest BCUT2D eigenvalue weighted by Gasteiger charge is 2.21. The lowest BCUT2D eigenvalue weighted by Gasteiger charge is -2.27. The Labute approximate surface area is 420 Å². The molecule has 0 atom stereocenters. The third kappa shape index (κ3) is 7.73. The zero-order chi connectivity index (χ0) is 47.8. The van der Waals surface area contributed by atoms with Crippen LogP contribution in [0.4, 0.5) is 17.1 Å². The third-order valence-corrected chi connectivity index (χ3v) is 14.2. The Bertz CT molecular complexity index is 4080. The first-order chi connectivity index (χ1) is 35.7. The smallest absolute Gasteiger partial charge is 0.0547 e. The van der Waals surface area contributed by atoms with Crippen LogP contribution in [-0.2, 0) is 0 Å². The van der Waals surface area contributed by atoms with E-state index >= 15 is 0 Å². The molecule has 13 rings (SSSR count). The van der Waals surface area contributed by atoms with E-state index in [0.717, 1.165) is 39.4 Å². The summed E-state index contributed by atoms with van der Waals surface area (Å²) in [7, 11) is 0. The molecule has 0 radical (unpaired) electrons. The van der Waals surface area contributed by atoms with Crippen LogP contribution in [0.1, 0.15) is 0 Å². The summed E-state index contributed by atoms with van der Waals surface area (Å²) in [5.74, 6) is 0. The van der Waals surface area contributed by atoms with E-state index in [1.54, 1.807) is 0 Å². The number of benzene rings is 12. The maximum atomic E-state index is 2.41. The van der Waals surface area contributed by atoms with Crippen LogP contribution in [0.2, 0.25) is 0 Å². The first-order valence-corrected chi connectivity index (χ1v) is 24.7. The average Bonchev–Trinajstić information content (AvgIpc) is 3.81. The molecule has 1 heterocycles. The summed E-state index contributed by atoms with van der Waals surface area (Å²) in [5.41, 5.74) is 21.0. The van der Waals surface area contributed by atoms with Gasteiger partial charge < -0.3 is 9.47 Å². The molecule has 2 heteroatoms. The van der Waals surface area contributed by atoms with Crippen molar-refractivity contribution in [3.8, 4) is 72.4 Å². The van der Waals surface area contributed by atoms with Crippen molar-refractivity contribution < 1.29 is 0 Å². The average molecular weight is 917 g/mol. The van der Waals surface area contributed by atoms with Crippen molar-refractivity contribution in [2.45, 2.75) is 0 Å². The molecule has 0 N–H and O–H groups in total. The van der Waals surface area contributed by atoms with Crippen LogP contribution in [0.25, 0.3) is 105 Å². The maximum Gasteiger partial charge on any atom is 0.0547 e. The van der Waals surface area contributed by atoms with Gasteiger partial charge in [0.2, 0.25) is 0 Å². The van der Waals surface area contributed by atoms with Gasteiger partial charge >= 0.3 is 0 Å². The fraction of sp³-hybridized carbons (Fsp3) is 0. The molecule has 2 nitrogen and oxygen atoms in total. The fourth-order valence-corrected chi connectivity index (χ4v) is 10.9. The van der Waals surface area contributed by atoms with Gasteiger partial charge in [0.1, 0.15) is 0 Å². The normalized spacial score (nSPS) is 11.3. The maximum absolute atomic E-state index is 2.41. The van der Waals surface area contributed by atoms with Crippen LogP contribution in [0.3, 0.4) is 0 Å². The molecule has 0 bridgehead atoms. The Morgan fingerprint density at radius 2 is 0.722 bits per heavy atom. The lowest BCUT2D eigenvalue weighted by atomic mass is 9.84. The fourth-order valence-electron chi connectivity index (χ4n) is 10.9. The molecule has 13 aromatic rings. The Morgan fingerprint density at radius 1 is 0.250 bits per heavy atom. The standard InChI is InChI=1S/C70H48N2/c1-4-21-50(22-5-1)61-32-12-13-33-65(61)69-62(51-23-6-2-7-24-51)35-18-36-63(69)52-42-44-58(45-43-52)71(59-30-16-26-54(47-59)55-41-40-49-20-10-11-25-53(49)46-55)60-31-17-27-56(48-60)64-37-19-39-68-70(64)66-34-14-15-38-67(66)72(68)57-28-8-3-9-29-57/h1-48H. The lowest BCUT2D eigenvalue weighted by molar-refractivity contribution is 1.18. The van der Waals surface area contributed by atoms with E-state index in [4.69, 9.17) is 0 Å².